The SMILES string of the molecule is C[C@@H]1CC(=O)Nc2cc(S(=O)(=O)CCC(=O)NC3CCCC3)ccc2S1. The van der Waals surface area contributed by atoms with Crippen molar-refractivity contribution in [3.8, 4) is 0 Å². The van der Waals surface area contributed by atoms with E-state index >= 15 is 0 Å². The van der Waals surface area contributed by atoms with Gasteiger partial charge in [-0.05, 0) is 31.0 Å². The van der Waals surface area contributed by atoms with Crippen molar-refractivity contribution in [3.05, 3.63) is 18.2 Å². The average Bonchev–Trinajstić information content (AvgIpc) is 3.02. The summed E-state index contributed by atoms with van der Waals surface area (Å²) in [7, 11) is -3.59. The van der Waals surface area contributed by atoms with Gasteiger partial charge in [-0.1, -0.05) is 19.8 Å². The number of carbonyl (C=O) groups is 2. The molecule has 0 saturated heterocycles. The number of rotatable bonds is 5. The highest BCUT2D eigenvalue weighted by atomic mass is 32.2. The molecular formula is C18H24N2O4S2. The lowest BCUT2D eigenvalue weighted by atomic mass is 10.2. The normalized spacial score (nSPS) is 21.0. The Kier molecular flexibility index (Phi) is 5.92. The van der Waals surface area contributed by atoms with Crippen LogP contribution in [0.3, 0.4) is 0 Å². The van der Waals surface area contributed by atoms with Crippen LogP contribution < -0.4 is 10.6 Å². The van der Waals surface area contributed by atoms with Gasteiger partial charge >= 0.3 is 0 Å². The van der Waals surface area contributed by atoms with Crippen molar-refractivity contribution in [2.75, 3.05) is 11.1 Å². The molecule has 1 atom stereocenters. The number of nitrogens with one attached hydrogen (secondary N) is 2. The molecule has 0 radical (unpaired) electrons. The van der Waals surface area contributed by atoms with Gasteiger partial charge in [-0.25, -0.2) is 8.42 Å². The number of fused-ring (bicyclic) bond motifs is 1. The first-order chi connectivity index (χ1) is 12.3. The van der Waals surface area contributed by atoms with Crippen LogP contribution >= 0.6 is 11.8 Å². The minimum Gasteiger partial charge on any atom is -0.353 e. The monoisotopic (exact) mass is 396 g/mol. The van der Waals surface area contributed by atoms with Crippen LogP contribution in [0.2, 0.25) is 0 Å². The highest BCUT2D eigenvalue weighted by Gasteiger charge is 2.23. The van der Waals surface area contributed by atoms with Crippen molar-refractivity contribution >= 4 is 39.1 Å². The second kappa shape index (κ2) is 8.00. The van der Waals surface area contributed by atoms with Crippen molar-refractivity contribution in [3.63, 3.8) is 0 Å². The lowest BCUT2D eigenvalue weighted by Gasteiger charge is -2.13. The summed E-state index contributed by atoms with van der Waals surface area (Å²) in [6, 6.07) is 4.97. The average molecular weight is 397 g/mol. The fourth-order valence-electron chi connectivity index (χ4n) is 3.34. The Morgan fingerprint density at radius 1 is 1.31 bits per heavy atom. The minimum absolute atomic E-state index is 0.0476. The summed E-state index contributed by atoms with van der Waals surface area (Å²) in [5.41, 5.74) is 0.529. The van der Waals surface area contributed by atoms with Crippen LogP contribution in [0.4, 0.5) is 5.69 Å². The Bertz CT molecular complexity index is 801. The van der Waals surface area contributed by atoms with Gasteiger partial charge in [-0.2, -0.15) is 0 Å². The third kappa shape index (κ3) is 4.79. The number of amides is 2. The molecule has 0 spiro atoms. The summed E-state index contributed by atoms with van der Waals surface area (Å²) in [5.74, 6) is -0.566. The van der Waals surface area contributed by atoms with E-state index in [-0.39, 0.29) is 40.2 Å². The van der Waals surface area contributed by atoms with E-state index < -0.39 is 9.84 Å². The van der Waals surface area contributed by atoms with Crippen LogP contribution in [0.25, 0.3) is 0 Å². The zero-order valence-electron chi connectivity index (χ0n) is 14.8. The van der Waals surface area contributed by atoms with E-state index in [4.69, 9.17) is 0 Å². The van der Waals surface area contributed by atoms with Crippen LogP contribution in [0.5, 0.6) is 0 Å². The fourth-order valence-corrected chi connectivity index (χ4v) is 5.65. The molecule has 6 nitrogen and oxygen atoms in total. The van der Waals surface area contributed by atoms with E-state index in [1.807, 2.05) is 6.92 Å². The van der Waals surface area contributed by atoms with E-state index in [0.29, 0.717) is 12.1 Å². The third-order valence-electron chi connectivity index (χ3n) is 4.70. The lowest BCUT2D eigenvalue weighted by Crippen LogP contribution is -2.33. The van der Waals surface area contributed by atoms with Gasteiger partial charge in [0.05, 0.1) is 16.3 Å². The van der Waals surface area contributed by atoms with Crippen LogP contribution in [0.1, 0.15) is 45.4 Å². The second-order valence-electron chi connectivity index (χ2n) is 6.96. The Morgan fingerprint density at radius 3 is 2.77 bits per heavy atom. The molecule has 1 aliphatic carbocycles. The smallest absolute Gasteiger partial charge is 0.225 e. The zero-order chi connectivity index (χ0) is 18.7. The Hall–Kier alpha value is -1.54. The van der Waals surface area contributed by atoms with Gasteiger partial charge in [0.2, 0.25) is 11.8 Å². The van der Waals surface area contributed by atoms with Gasteiger partial charge < -0.3 is 10.6 Å². The molecule has 3 rings (SSSR count). The second-order valence-corrected chi connectivity index (χ2v) is 10.5. The minimum atomic E-state index is -3.59. The highest BCUT2D eigenvalue weighted by molar-refractivity contribution is 8.00. The van der Waals surface area contributed by atoms with E-state index in [2.05, 4.69) is 10.6 Å². The maximum Gasteiger partial charge on any atom is 0.225 e. The van der Waals surface area contributed by atoms with Gasteiger partial charge in [0.1, 0.15) is 0 Å². The van der Waals surface area contributed by atoms with Crippen molar-refractivity contribution in [1.82, 2.24) is 5.32 Å². The molecular weight excluding hydrogens is 372 g/mol. The van der Waals surface area contributed by atoms with E-state index in [0.717, 1.165) is 30.6 Å². The number of benzene rings is 1. The van der Waals surface area contributed by atoms with Crippen LogP contribution in [0.15, 0.2) is 28.0 Å². The molecule has 0 aromatic heterocycles. The molecule has 142 valence electrons. The molecule has 8 heteroatoms. The standard InChI is InChI=1S/C18H24N2O4S2/c1-12-10-18(22)20-15-11-14(6-7-16(15)25-12)26(23,24)9-8-17(21)19-13-4-2-3-5-13/h6-7,11-13H,2-5,8-10H2,1H3,(H,19,21)(H,20,22)/t12-/m1/s1. The highest BCUT2D eigenvalue weighted by Crippen LogP contribution is 2.36. The molecule has 2 amide bonds. The molecule has 1 saturated carbocycles. The molecule has 0 bridgehead atoms. The number of anilines is 1. The number of hydrogen-bond acceptors (Lipinski definition) is 5. The Balaban J connectivity index is 1.67. The Morgan fingerprint density at radius 2 is 2.04 bits per heavy atom. The van der Waals surface area contributed by atoms with Crippen LogP contribution in [-0.2, 0) is 19.4 Å². The summed E-state index contributed by atoms with van der Waals surface area (Å²) in [4.78, 5) is 24.9. The van der Waals surface area contributed by atoms with E-state index in [1.54, 1.807) is 23.9 Å². The maximum absolute atomic E-state index is 12.6. The van der Waals surface area contributed by atoms with Crippen molar-refractivity contribution < 1.29 is 18.0 Å². The molecule has 1 heterocycles. The first-order valence-electron chi connectivity index (χ1n) is 8.96. The quantitative estimate of drug-likeness (QED) is 0.798. The van der Waals surface area contributed by atoms with E-state index in [9.17, 15) is 18.0 Å². The first kappa shape index (κ1) is 19.2. The van der Waals surface area contributed by atoms with Gasteiger partial charge in [0.15, 0.2) is 9.84 Å². The number of thioether (sulfide) groups is 1. The summed E-state index contributed by atoms with van der Waals surface area (Å²) >= 11 is 1.55. The summed E-state index contributed by atoms with van der Waals surface area (Å²) < 4.78 is 25.2. The fraction of sp³-hybridized carbons (Fsp3) is 0.556. The van der Waals surface area contributed by atoms with Crippen molar-refractivity contribution in [2.45, 2.75) is 66.5 Å². The first-order valence-corrected chi connectivity index (χ1v) is 11.5. The Labute approximate surface area is 158 Å². The van der Waals surface area contributed by atoms with E-state index in [1.165, 1.54) is 6.07 Å². The van der Waals surface area contributed by atoms with Gasteiger partial charge in [0, 0.05) is 29.0 Å². The van der Waals surface area contributed by atoms with Gasteiger partial charge in [-0.15, -0.1) is 11.8 Å². The molecule has 2 N–H and O–H groups in total. The molecule has 26 heavy (non-hydrogen) atoms. The molecule has 0 unspecified atom stereocenters. The molecule has 1 aromatic carbocycles. The summed E-state index contributed by atoms with van der Waals surface area (Å²) in [6.07, 6.45) is 4.51. The number of sulfone groups is 1. The maximum atomic E-state index is 12.6. The predicted octanol–water partition coefficient (Wildman–Crippen LogP) is 2.73. The van der Waals surface area contributed by atoms with Crippen molar-refractivity contribution in [1.29, 1.82) is 0 Å². The van der Waals surface area contributed by atoms with Gasteiger partial charge in [0.25, 0.3) is 0 Å². The third-order valence-corrected chi connectivity index (χ3v) is 7.60. The summed E-state index contributed by atoms with van der Waals surface area (Å²) in [6.45, 7) is 1.97. The van der Waals surface area contributed by atoms with Crippen LogP contribution in [0, 0.1) is 0 Å². The molecule has 2 aliphatic rings. The number of hydrogen-bond donors (Lipinski definition) is 2. The molecule has 1 aliphatic heterocycles. The zero-order valence-corrected chi connectivity index (χ0v) is 16.4. The molecule has 1 aromatic rings. The summed E-state index contributed by atoms with van der Waals surface area (Å²) in [5, 5.41) is 5.82. The predicted molar refractivity (Wildman–Crippen MR) is 102 cm³/mol. The lowest BCUT2D eigenvalue weighted by molar-refractivity contribution is -0.121. The van der Waals surface area contributed by atoms with Crippen molar-refractivity contribution in [2.24, 2.45) is 0 Å². The van der Waals surface area contributed by atoms with Gasteiger partial charge in [-0.3, -0.25) is 9.59 Å². The molecule has 1 fully saturated rings. The van der Waals surface area contributed by atoms with Crippen LogP contribution in [-0.4, -0.2) is 37.3 Å². The number of carbonyl (C=O) groups excluding carboxylic acids is 2. The largest absolute Gasteiger partial charge is 0.353 e. The topological polar surface area (TPSA) is 92.3 Å².